The molecule has 0 fully saturated rings. The molecule has 2 aromatic heterocycles. The van der Waals surface area contributed by atoms with E-state index < -0.39 is 0 Å². The van der Waals surface area contributed by atoms with E-state index in [-0.39, 0.29) is 11.5 Å². The number of thiazole rings is 1. The molecular formula is C32H24N4O2S. The van der Waals surface area contributed by atoms with Crippen LogP contribution in [-0.2, 0) is 0 Å². The second-order valence-electron chi connectivity index (χ2n) is 9.26. The van der Waals surface area contributed by atoms with E-state index in [4.69, 9.17) is 9.97 Å². The lowest BCUT2D eigenvalue weighted by Gasteiger charge is -2.15. The first-order valence-electron chi connectivity index (χ1n) is 12.5. The summed E-state index contributed by atoms with van der Waals surface area (Å²) in [6, 6.07) is 32.2. The quantitative estimate of drug-likeness (QED) is 0.260. The van der Waals surface area contributed by atoms with Gasteiger partial charge in [0.2, 0.25) is 0 Å². The van der Waals surface area contributed by atoms with Crippen LogP contribution in [-0.4, -0.2) is 20.4 Å². The maximum absolute atomic E-state index is 14.0. The molecule has 0 saturated heterocycles. The van der Waals surface area contributed by atoms with Crippen LogP contribution in [0.25, 0.3) is 38.5 Å². The molecule has 0 bridgehead atoms. The number of aryl methyl sites for hydroxylation is 2. The maximum Gasteiger partial charge on any atom is 0.266 e. The molecule has 0 aliphatic rings. The van der Waals surface area contributed by atoms with E-state index in [1.807, 2.05) is 98.8 Å². The lowest BCUT2D eigenvalue weighted by Crippen LogP contribution is -2.22. The summed E-state index contributed by atoms with van der Waals surface area (Å²) in [7, 11) is 0. The van der Waals surface area contributed by atoms with Crippen LogP contribution in [0.5, 0.6) is 0 Å². The molecule has 2 heterocycles. The summed E-state index contributed by atoms with van der Waals surface area (Å²) in [6.45, 7) is 3.95. The highest BCUT2D eigenvalue weighted by molar-refractivity contribution is 7.19. The van der Waals surface area contributed by atoms with Crippen LogP contribution in [0, 0.1) is 13.8 Å². The van der Waals surface area contributed by atoms with Gasteiger partial charge in [-0.25, -0.2) is 9.97 Å². The predicted molar refractivity (Wildman–Crippen MR) is 158 cm³/mol. The number of nitrogens with one attached hydrogen (secondary N) is 1. The topological polar surface area (TPSA) is 76.9 Å². The number of hydrogen-bond acceptors (Lipinski definition) is 5. The first-order valence-corrected chi connectivity index (χ1v) is 13.3. The van der Waals surface area contributed by atoms with E-state index in [1.54, 1.807) is 22.8 Å². The third-order valence-corrected chi connectivity index (χ3v) is 7.51. The van der Waals surface area contributed by atoms with Crippen LogP contribution in [0.3, 0.4) is 0 Å². The van der Waals surface area contributed by atoms with Crippen molar-refractivity contribution >= 4 is 33.3 Å². The standard InChI is InChI=1S/C32H24N4O2S/c1-20-16-18-23(19-17-20)30(37)35-32-34-27(22-11-4-3-5-12-22)28(39-32)29-33-25-14-8-7-13-24(25)31(38)36(29)26-15-9-6-10-21(26)2/h3-19H,1-2H3,(H,34,35,37). The van der Waals surface area contributed by atoms with Gasteiger partial charge in [-0.05, 0) is 49.7 Å². The van der Waals surface area contributed by atoms with E-state index in [0.717, 1.165) is 22.4 Å². The van der Waals surface area contributed by atoms with Crippen LogP contribution < -0.4 is 10.9 Å². The molecule has 1 N–H and O–H groups in total. The second-order valence-corrected chi connectivity index (χ2v) is 10.3. The van der Waals surface area contributed by atoms with Crippen LogP contribution in [0.15, 0.2) is 108 Å². The normalized spacial score (nSPS) is 11.0. The smallest absolute Gasteiger partial charge is 0.266 e. The number of fused-ring (bicyclic) bond motifs is 1. The SMILES string of the molecule is Cc1ccc(C(=O)Nc2nc(-c3ccccc3)c(-c3nc4ccccc4c(=O)n3-c3ccccc3C)s2)cc1. The van der Waals surface area contributed by atoms with Crippen LogP contribution >= 0.6 is 11.3 Å². The van der Waals surface area contributed by atoms with E-state index in [2.05, 4.69) is 5.32 Å². The molecule has 0 aliphatic heterocycles. The lowest BCUT2D eigenvalue weighted by atomic mass is 10.1. The van der Waals surface area contributed by atoms with Gasteiger partial charge in [0.05, 0.1) is 22.3 Å². The van der Waals surface area contributed by atoms with Gasteiger partial charge in [0, 0.05) is 11.1 Å². The zero-order valence-corrected chi connectivity index (χ0v) is 22.2. The number of benzene rings is 4. The summed E-state index contributed by atoms with van der Waals surface area (Å²) in [4.78, 5) is 37.5. The Kier molecular flexibility index (Phi) is 6.34. The Hall–Kier alpha value is -4.88. The van der Waals surface area contributed by atoms with Crippen molar-refractivity contribution in [3.05, 3.63) is 130 Å². The Morgan fingerprint density at radius 3 is 2.26 bits per heavy atom. The summed E-state index contributed by atoms with van der Waals surface area (Å²) in [5, 5.41) is 3.91. The zero-order valence-electron chi connectivity index (χ0n) is 21.4. The molecule has 6 nitrogen and oxygen atoms in total. The average molecular weight is 529 g/mol. The lowest BCUT2D eigenvalue weighted by molar-refractivity contribution is 0.102. The number of rotatable bonds is 5. The van der Waals surface area contributed by atoms with Crippen LogP contribution in [0.4, 0.5) is 5.13 Å². The summed E-state index contributed by atoms with van der Waals surface area (Å²) in [6.07, 6.45) is 0. The zero-order chi connectivity index (χ0) is 26.9. The second kappa shape index (κ2) is 10.1. The molecule has 4 aromatic carbocycles. The van der Waals surface area contributed by atoms with Gasteiger partial charge in [-0.3, -0.25) is 19.5 Å². The van der Waals surface area contributed by atoms with E-state index in [9.17, 15) is 9.59 Å². The molecule has 6 rings (SSSR count). The van der Waals surface area contributed by atoms with Crippen molar-refractivity contribution in [2.45, 2.75) is 13.8 Å². The first kappa shape index (κ1) is 24.5. The van der Waals surface area contributed by atoms with Crippen LogP contribution in [0.2, 0.25) is 0 Å². The molecule has 0 spiro atoms. The molecule has 0 saturated carbocycles. The van der Waals surface area contributed by atoms with Gasteiger partial charge in [0.1, 0.15) is 4.88 Å². The Morgan fingerprint density at radius 1 is 0.795 bits per heavy atom. The van der Waals surface area contributed by atoms with Gasteiger partial charge in [-0.15, -0.1) is 0 Å². The van der Waals surface area contributed by atoms with E-state index in [0.29, 0.717) is 38.0 Å². The van der Waals surface area contributed by atoms with Gasteiger partial charge >= 0.3 is 0 Å². The molecule has 7 heteroatoms. The summed E-state index contributed by atoms with van der Waals surface area (Å²) in [5.41, 5.74) is 5.24. The van der Waals surface area contributed by atoms with Gasteiger partial charge < -0.3 is 0 Å². The van der Waals surface area contributed by atoms with Crippen molar-refractivity contribution in [1.82, 2.24) is 14.5 Å². The minimum atomic E-state index is -0.252. The highest BCUT2D eigenvalue weighted by atomic mass is 32.1. The minimum absolute atomic E-state index is 0.164. The monoisotopic (exact) mass is 528 g/mol. The molecule has 39 heavy (non-hydrogen) atoms. The maximum atomic E-state index is 14.0. The third kappa shape index (κ3) is 4.64. The van der Waals surface area contributed by atoms with Gasteiger partial charge in [0.25, 0.3) is 11.5 Å². The number of nitrogens with zero attached hydrogens (tertiary/aromatic N) is 3. The number of para-hydroxylation sites is 2. The minimum Gasteiger partial charge on any atom is -0.298 e. The molecule has 190 valence electrons. The Bertz CT molecular complexity index is 1890. The molecule has 0 aliphatic carbocycles. The van der Waals surface area contributed by atoms with Crippen molar-refractivity contribution < 1.29 is 4.79 Å². The molecular weight excluding hydrogens is 504 g/mol. The first-order chi connectivity index (χ1) is 19.0. The number of amides is 1. The number of carbonyl (C=O) groups excluding carboxylic acids is 1. The number of anilines is 1. The number of aromatic nitrogens is 3. The van der Waals surface area contributed by atoms with Crippen molar-refractivity contribution in [3.8, 4) is 27.6 Å². The largest absolute Gasteiger partial charge is 0.298 e. The van der Waals surface area contributed by atoms with E-state index >= 15 is 0 Å². The fraction of sp³-hybridized carbons (Fsp3) is 0.0625. The molecule has 0 unspecified atom stereocenters. The fourth-order valence-electron chi connectivity index (χ4n) is 4.51. The summed E-state index contributed by atoms with van der Waals surface area (Å²) >= 11 is 1.30. The Labute approximate surface area is 229 Å². The number of carbonyl (C=O) groups is 1. The molecule has 0 radical (unpaired) electrons. The van der Waals surface area contributed by atoms with E-state index in [1.165, 1.54) is 11.3 Å². The molecule has 0 atom stereocenters. The van der Waals surface area contributed by atoms with Crippen LogP contribution in [0.1, 0.15) is 21.5 Å². The average Bonchev–Trinajstić information content (AvgIpc) is 3.38. The highest BCUT2D eigenvalue weighted by Crippen LogP contribution is 2.39. The van der Waals surface area contributed by atoms with Gasteiger partial charge in [-0.2, -0.15) is 0 Å². The van der Waals surface area contributed by atoms with Crippen molar-refractivity contribution in [1.29, 1.82) is 0 Å². The fourth-order valence-corrected chi connectivity index (χ4v) is 5.48. The number of hydrogen-bond donors (Lipinski definition) is 1. The van der Waals surface area contributed by atoms with Crippen molar-refractivity contribution in [2.75, 3.05) is 5.32 Å². The Balaban J connectivity index is 1.59. The molecule has 6 aromatic rings. The predicted octanol–water partition coefficient (Wildman–Crippen LogP) is 7.05. The highest BCUT2D eigenvalue weighted by Gasteiger charge is 2.23. The molecule has 1 amide bonds. The van der Waals surface area contributed by atoms with Gasteiger partial charge in [-0.1, -0.05) is 89.7 Å². The van der Waals surface area contributed by atoms with Crippen molar-refractivity contribution in [3.63, 3.8) is 0 Å². The Morgan fingerprint density at radius 2 is 1.49 bits per heavy atom. The van der Waals surface area contributed by atoms with Gasteiger partial charge in [0.15, 0.2) is 11.0 Å². The third-order valence-electron chi connectivity index (χ3n) is 6.54. The summed E-state index contributed by atoms with van der Waals surface area (Å²) in [5.74, 6) is 0.220. The van der Waals surface area contributed by atoms with Crippen molar-refractivity contribution in [2.24, 2.45) is 0 Å². The summed E-state index contributed by atoms with van der Waals surface area (Å²) < 4.78 is 1.66.